The van der Waals surface area contributed by atoms with E-state index in [-0.39, 0.29) is 12.4 Å². The van der Waals surface area contributed by atoms with Crippen LogP contribution in [0, 0.1) is 22.6 Å². The lowest BCUT2D eigenvalue weighted by molar-refractivity contribution is 0.327. The van der Waals surface area contributed by atoms with Gasteiger partial charge in [0.2, 0.25) is 5.88 Å². The van der Waals surface area contributed by atoms with Crippen molar-refractivity contribution in [1.82, 2.24) is 9.99 Å². The number of benzene rings is 1. The van der Waals surface area contributed by atoms with Crippen molar-refractivity contribution in [1.29, 1.82) is 10.9 Å². The number of hydrogen-bond donors (Lipinski definition) is 2. The van der Waals surface area contributed by atoms with Crippen LogP contribution in [0.25, 0.3) is 11.1 Å². The fraction of sp³-hybridized carbons (Fsp3) is 0.250. The van der Waals surface area contributed by atoms with Gasteiger partial charge in [-0.05, 0) is 43.2 Å². The summed E-state index contributed by atoms with van der Waals surface area (Å²) in [6, 6.07) is 5.26. The predicted molar refractivity (Wildman–Crippen MR) is 84.8 cm³/mol. The maximum absolute atomic E-state index is 13.5. The van der Waals surface area contributed by atoms with Crippen molar-refractivity contribution in [2.75, 3.05) is 6.61 Å². The molecule has 0 spiro atoms. The summed E-state index contributed by atoms with van der Waals surface area (Å²) >= 11 is 0. The van der Waals surface area contributed by atoms with Crippen molar-refractivity contribution in [3.8, 4) is 17.0 Å². The van der Waals surface area contributed by atoms with E-state index >= 15 is 0 Å². The van der Waals surface area contributed by atoms with Crippen molar-refractivity contribution >= 4 is 5.84 Å². The third-order valence-electron chi connectivity index (χ3n) is 3.26. The fourth-order valence-corrected chi connectivity index (χ4v) is 2.11. The number of nitrogens with zero attached hydrogens (tertiary/aromatic N) is 3. The van der Waals surface area contributed by atoms with E-state index in [4.69, 9.17) is 15.7 Å². The zero-order valence-corrected chi connectivity index (χ0v) is 13.3. The number of pyridine rings is 1. The number of hydrogen-bond acceptors (Lipinski definition) is 5. The van der Waals surface area contributed by atoms with Gasteiger partial charge in [-0.25, -0.2) is 18.8 Å². The number of halogens is 2. The van der Waals surface area contributed by atoms with Crippen LogP contribution in [0.3, 0.4) is 0 Å². The van der Waals surface area contributed by atoms with Gasteiger partial charge < -0.3 is 4.74 Å². The zero-order chi connectivity index (χ0) is 17.7. The van der Waals surface area contributed by atoms with Gasteiger partial charge in [0.25, 0.3) is 0 Å². The Morgan fingerprint density at radius 1 is 1.29 bits per heavy atom. The number of ether oxygens (including phenoxy) is 1. The van der Waals surface area contributed by atoms with Gasteiger partial charge in [0.1, 0.15) is 5.84 Å². The molecule has 0 aliphatic rings. The molecule has 0 aliphatic heterocycles. The zero-order valence-electron chi connectivity index (χ0n) is 13.3. The Labute approximate surface area is 138 Å². The van der Waals surface area contributed by atoms with Gasteiger partial charge in [-0.15, -0.1) is 0 Å². The second-order valence-electron chi connectivity index (χ2n) is 5.00. The minimum atomic E-state index is -0.960. The normalized spacial score (nSPS) is 10.3. The molecule has 0 amide bonds. The SMILES string of the molecule is CCOc1ncc(CN(N=N)C(C)=N)cc1-c1ccc(F)c(F)c1. The average molecular weight is 333 g/mol. The number of nitrogens with one attached hydrogen (secondary N) is 2. The van der Waals surface area contributed by atoms with E-state index < -0.39 is 11.6 Å². The van der Waals surface area contributed by atoms with Crippen molar-refractivity contribution in [2.45, 2.75) is 20.4 Å². The summed E-state index contributed by atoms with van der Waals surface area (Å²) in [5.41, 5.74) is 8.67. The van der Waals surface area contributed by atoms with Crippen LogP contribution in [-0.2, 0) is 6.54 Å². The van der Waals surface area contributed by atoms with E-state index in [2.05, 4.69) is 10.2 Å². The first-order chi connectivity index (χ1) is 11.5. The van der Waals surface area contributed by atoms with Gasteiger partial charge >= 0.3 is 0 Å². The van der Waals surface area contributed by atoms with E-state index in [9.17, 15) is 8.78 Å². The molecule has 1 heterocycles. The van der Waals surface area contributed by atoms with Gasteiger partial charge in [0, 0.05) is 11.8 Å². The molecular weight excluding hydrogens is 316 g/mol. The lowest BCUT2D eigenvalue weighted by atomic mass is 10.0. The summed E-state index contributed by atoms with van der Waals surface area (Å²) in [7, 11) is 0. The van der Waals surface area contributed by atoms with Crippen LogP contribution < -0.4 is 4.74 Å². The minimum Gasteiger partial charge on any atom is -0.478 e. The molecule has 8 heteroatoms. The summed E-state index contributed by atoms with van der Waals surface area (Å²) in [6.45, 7) is 3.84. The van der Waals surface area contributed by atoms with E-state index in [1.165, 1.54) is 24.2 Å². The summed E-state index contributed by atoms with van der Waals surface area (Å²) in [6.07, 6.45) is 1.54. The standard InChI is InChI=1S/C16H17F2N5O/c1-3-24-16-13(12-4-5-14(17)15(18)7-12)6-11(8-21-16)9-23(22-20)10(2)19/h4-8,19-20H,3,9H2,1-2H3. The summed E-state index contributed by atoms with van der Waals surface area (Å²) in [5.74, 6) is -1.49. The largest absolute Gasteiger partial charge is 0.478 e. The van der Waals surface area contributed by atoms with Crippen LogP contribution in [-0.4, -0.2) is 22.4 Å². The Hall–Kier alpha value is -2.90. The number of amidine groups is 1. The Morgan fingerprint density at radius 3 is 2.62 bits per heavy atom. The predicted octanol–water partition coefficient (Wildman–Crippen LogP) is 4.17. The van der Waals surface area contributed by atoms with Crippen molar-refractivity contribution in [3.63, 3.8) is 0 Å². The van der Waals surface area contributed by atoms with Crippen LogP contribution in [0.4, 0.5) is 8.78 Å². The molecule has 24 heavy (non-hydrogen) atoms. The monoisotopic (exact) mass is 333 g/mol. The molecule has 2 N–H and O–H groups in total. The highest BCUT2D eigenvalue weighted by Gasteiger charge is 2.14. The lowest BCUT2D eigenvalue weighted by Crippen LogP contribution is -2.21. The molecule has 0 saturated heterocycles. The second kappa shape index (κ2) is 7.58. The molecule has 0 saturated carbocycles. The van der Waals surface area contributed by atoms with Gasteiger partial charge in [-0.1, -0.05) is 11.3 Å². The molecule has 0 fully saturated rings. The van der Waals surface area contributed by atoms with E-state index in [0.29, 0.717) is 29.2 Å². The van der Waals surface area contributed by atoms with Gasteiger partial charge in [0.05, 0.1) is 13.2 Å². The highest BCUT2D eigenvalue weighted by Crippen LogP contribution is 2.30. The fourth-order valence-electron chi connectivity index (χ4n) is 2.11. The second-order valence-corrected chi connectivity index (χ2v) is 5.00. The molecule has 2 aromatic rings. The lowest BCUT2D eigenvalue weighted by Gasteiger charge is -2.16. The average Bonchev–Trinajstić information content (AvgIpc) is 2.56. The molecule has 1 aromatic carbocycles. The topological polar surface area (TPSA) is 85.4 Å². The summed E-state index contributed by atoms with van der Waals surface area (Å²) in [5, 5.41) is 12.0. The Bertz CT molecular complexity index is 766. The molecule has 0 aliphatic carbocycles. The van der Waals surface area contributed by atoms with E-state index in [1.54, 1.807) is 13.0 Å². The smallest absolute Gasteiger partial charge is 0.221 e. The first-order valence-corrected chi connectivity index (χ1v) is 7.23. The van der Waals surface area contributed by atoms with Crippen LogP contribution in [0.5, 0.6) is 5.88 Å². The Balaban J connectivity index is 2.46. The highest BCUT2D eigenvalue weighted by molar-refractivity contribution is 5.76. The van der Waals surface area contributed by atoms with Crippen LogP contribution in [0.1, 0.15) is 19.4 Å². The number of rotatable bonds is 6. The molecule has 0 radical (unpaired) electrons. The Kier molecular flexibility index (Phi) is 5.51. The van der Waals surface area contributed by atoms with Crippen molar-refractivity contribution in [3.05, 3.63) is 47.7 Å². The van der Waals surface area contributed by atoms with Gasteiger partial charge in [0.15, 0.2) is 11.6 Å². The van der Waals surface area contributed by atoms with Crippen molar-refractivity contribution in [2.24, 2.45) is 5.22 Å². The summed E-state index contributed by atoms with van der Waals surface area (Å²) in [4.78, 5) is 4.21. The van der Waals surface area contributed by atoms with Crippen LogP contribution >= 0.6 is 0 Å². The molecule has 0 bridgehead atoms. The highest BCUT2D eigenvalue weighted by atomic mass is 19.2. The molecular formula is C16H17F2N5O. The van der Waals surface area contributed by atoms with Gasteiger partial charge in [-0.2, -0.15) is 5.53 Å². The molecule has 6 nitrogen and oxygen atoms in total. The third-order valence-corrected chi connectivity index (χ3v) is 3.26. The minimum absolute atomic E-state index is 0.105. The van der Waals surface area contributed by atoms with Gasteiger partial charge in [-0.3, -0.25) is 5.41 Å². The quantitative estimate of drug-likeness (QED) is 0.360. The third kappa shape index (κ3) is 3.89. The Morgan fingerprint density at radius 2 is 2.04 bits per heavy atom. The van der Waals surface area contributed by atoms with E-state index in [0.717, 1.165) is 12.1 Å². The van der Waals surface area contributed by atoms with Crippen LogP contribution in [0.15, 0.2) is 35.7 Å². The molecule has 1 aromatic heterocycles. The maximum Gasteiger partial charge on any atom is 0.221 e. The van der Waals surface area contributed by atoms with E-state index in [1.807, 2.05) is 0 Å². The summed E-state index contributed by atoms with van der Waals surface area (Å²) < 4.78 is 32.2. The first-order valence-electron chi connectivity index (χ1n) is 7.23. The first kappa shape index (κ1) is 17.5. The maximum atomic E-state index is 13.5. The number of aromatic nitrogens is 1. The van der Waals surface area contributed by atoms with Crippen LogP contribution in [0.2, 0.25) is 0 Å². The molecule has 2 rings (SSSR count). The molecule has 126 valence electrons. The van der Waals surface area contributed by atoms with Crippen molar-refractivity contribution < 1.29 is 13.5 Å². The molecule has 0 atom stereocenters. The molecule has 0 unspecified atom stereocenters.